The number of fused-ring (bicyclic) bond motifs is 1. The molecule has 18 heavy (non-hydrogen) atoms. The van der Waals surface area contributed by atoms with Crippen LogP contribution < -0.4 is 11.0 Å². The van der Waals surface area contributed by atoms with Gasteiger partial charge in [0.2, 0.25) is 5.28 Å². The molecule has 0 aliphatic carbocycles. The summed E-state index contributed by atoms with van der Waals surface area (Å²) in [5, 5.41) is 3.47. The van der Waals surface area contributed by atoms with Crippen LogP contribution in [0, 0.1) is 0 Å². The Balaban J connectivity index is 2.23. The van der Waals surface area contributed by atoms with Crippen molar-refractivity contribution < 1.29 is 0 Å². The van der Waals surface area contributed by atoms with E-state index in [4.69, 9.17) is 11.6 Å². The third-order valence-corrected chi connectivity index (χ3v) is 3.66. The smallest absolute Gasteiger partial charge is 0.317 e. The van der Waals surface area contributed by atoms with E-state index in [0.717, 1.165) is 31.4 Å². The van der Waals surface area contributed by atoms with Crippen molar-refractivity contribution in [2.24, 2.45) is 7.05 Å². The summed E-state index contributed by atoms with van der Waals surface area (Å²) in [6.45, 7) is 1.85. The lowest BCUT2D eigenvalue weighted by atomic mass is 10.1. The summed E-state index contributed by atoms with van der Waals surface area (Å²) in [5.74, 6) is 0. The molecule has 3 heterocycles. The van der Waals surface area contributed by atoms with Crippen LogP contribution in [0.2, 0.25) is 5.28 Å². The first-order valence-electron chi connectivity index (χ1n) is 5.98. The number of aryl methyl sites for hydroxylation is 1. The van der Waals surface area contributed by atoms with Crippen LogP contribution in [0.1, 0.15) is 18.9 Å². The monoisotopic (exact) mass is 267 g/mol. The summed E-state index contributed by atoms with van der Waals surface area (Å²) in [6.07, 6.45) is 3.46. The Kier molecular flexibility index (Phi) is 2.83. The number of hydrogen-bond donors (Lipinski definition) is 1. The first-order valence-corrected chi connectivity index (χ1v) is 6.36. The van der Waals surface area contributed by atoms with E-state index < -0.39 is 0 Å². The van der Waals surface area contributed by atoms with Gasteiger partial charge < -0.3 is 5.32 Å². The molecular weight excluding hydrogens is 254 g/mol. The average molecular weight is 268 g/mol. The molecular formula is C11H14ClN5O. The van der Waals surface area contributed by atoms with Gasteiger partial charge in [-0.3, -0.25) is 9.13 Å². The van der Waals surface area contributed by atoms with E-state index in [0.29, 0.717) is 5.65 Å². The molecule has 0 atom stereocenters. The minimum absolute atomic E-state index is 0.0477. The lowest BCUT2D eigenvalue weighted by Gasteiger charge is -2.23. The minimum Gasteiger partial charge on any atom is -0.317 e. The summed E-state index contributed by atoms with van der Waals surface area (Å²) < 4.78 is 3.33. The van der Waals surface area contributed by atoms with Crippen molar-refractivity contribution in [1.82, 2.24) is 24.4 Å². The maximum Gasteiger partial charge on any atom is 0.330 e. The number of nitrogens with one attached hydrogen (secondary N) is 1. The minimum atomic E-state index is -0.0477. The van der Waals surface area contributed by atoms with Crippen LogP contribution in [0.15, 0.2) is 11.0 Å². The molecule has 96 valence electrons. The molecule has 0 saturated carbocycles. The third kappa shape index (κ3) is 1.72. The van der Waals surface area contributed by atoms with Gasteiger partial charge in [-0.05, 0) is 37.5 Å². The Labute approximate surface area is 109 Å². The van der Waals surface area contributed by atoms with Gasteiger partial charge in [0.1, 0.15) is 5.52 Å². The van der Waals surface area contributed by atoms with Crippen molar-refractivity contribution >= 4 is 22.8 Å². The summed E-state index contributed by atoms with van der Waals surface area (Å²) in [5.41, 5.74) is 1.31. The third-order valence-electron chi connectivity index (χ3n) is 3.48. The van der Waals surface area contributed by atoms with Crippen LogP contribution in [0.25, 0.3) is 11.2 Å². The highest BCUT2D eigenvalue weighted by atomic mass is 35.5. The van der Waals surface area contributed by atoms with E-state index in [1.54, 1.807) is 22.4 Å². The Morgan fingerprint density at radius 3 is 2.89 bits per heavy atom. The number of piperidine rings is 1. The van der Waals surface area contributed by atoms with Gasteiger partial charge in [0.25, 0.3) is 0 Å². The van der Waals surface area contributed by atoms with Crippen LogP contribution in [-0.2, 0) is 7.05 Å². The van der Waals surface area contributed by atoms with E-state index in [2.05, 4.69) is 15.3 Å². The number of halogens is 1. The summed E-state index contributed by atoms with van der Waals surface area (Å²) >= 11 is 5.83. The normalized spacial score (nSPS) is 17.4. The molecule has 0 amide bonds. The highest BCUT2D eigenvalue weighted by molar-refractivity contribution is 6.28. The van der Waals surface area contributed by atoms with Crippen LogP contribution >= 0.6 is 11.6 Å². The van der Waals surface area contributed by atoms with E-state index in [-0.39, 0.29) is 17.0 Å². The fraction of sp³-hybridized carbons (Fsp3) is 0.545. The number of imidazole rings is 1. The Morgan fingerprint density at radius 1 is 1.44 bits per heavy atom. The molecule has 0 bridgehead atoms. The second-order valence-corrected chi connectivity index (χ2v) is 4.88. The second-order valence-electron chi connectivity index (χ2n) is 4.54. The first kappa shape index (κ1) is 11.7. The fourth-order valence-corrected chi connectivity index (χ4v) is 2.64. The van der Waals surface area contributed by atoms with Crippen molar-refractivity contribution in [2.75, 3.05) is 13.1 Å². The highest BCUT2D eigenvalue weighted by Gasteiger charge is 2.22. The van der Waals surface area contributed by atoms with Gasteiger partial charge in [0, 0.05) is 13.1 Å². The van der Waals surface area contributed by atoms with Crippen LogP contribution in [-0.4, -0.2) is 32.2 Å². The van der Waals surface area contributed by atoms with E-state index in [1.165, 1.54) is 0 Å². The number of rotatable bonds is 1. The van der Waals surface area contributed by atoms with Crippen molar-refractivity contribution in [3.05, 3.63) is 22.0 Å². The van der Waals surface area contributed by atoms with E-state index >= 15 is 0 Å². The number of hydrogen-bond acceptors (Lipinski definition) is 4. The molecule has 3 rings (SSSR count). The Bertz CT molecular complexity index is 641. The predicted molar refractivity (Wildman–Crippen MR) is 68.9 cm³/mol. The van der Waals surface area contributed by atoms with Gasteiger partial charge in [0.15, 0.2) is 5.65 Å². The summed E-state index contributed by atoms with van der Waals surface area (Å²) in [7, 11) is 1.74. The zero-order valence-electron chi connectivity index (χ0n) is 10.1. The maximum atomic E-state index is 12.3. The van der Waals surface area contributed by atoms with Crippen LogP contribution in [0.4, 0.5) is 0 Å². The van der Waals surface area contributed by atoms with Crippen molar-refractivity contribution in [1.29, 1.82) is 0 Å². The molecule has 1 N–H and O–H groups in total. The average Bonchev–Trinajstić information content (AvgIpc) is 2.63. The molecule has 0 unspecified atom stereocenters. The van der Waals surface area contributed by atoms with Crippen molar-refractivity contribution in [3.63, 3.8) is 0 Å². The van der Waals surface area contributed by atoms with Gasteiger partial charge >= 0.3 is 5.69 Å². The number of aromatic nitrogens is 4. The first-order chi connectivity index (χ1) is 8.68. The predicted octanol–water partition coefficient (Wildman–Crippen LogP) is 0.708. The molecule has 2 aromatic heterocycles. The van der Waals surface area contributed by atoms with Gasteiger partial charge in [0.05, 0.1) is 6.20 Å². The van der Waals surface area contributed by atoms with Crippen molar-refractivity contribution in [2.45, 2.75) is 18.9 Å². The standard InChI is InChI=1S/C11H14ClN5O/c1-16-8-6-14-10(12)15-9(8)17(11(16)18)7-2-4-13-5-3-7/h6-7,13H,2-5H2,1H3. The molecule has 0 aromatic carbocycles. The summed E-state index contributed by atoms with van der Waals surface area (Å²) in [6, 6.07) is 0.188. The van der Waals surface area contributed by atoms with Gasteiger partial charge in [-0.2, -0.15) is 4.98 Å². The molecule has 0 spiro atoms. The van der Waals surface area contributed by atoms with Gasteiger partial charge in [-0.25, -0.2) is 9.78 Å². The Hall–Kier alpha value is -1.40. The van der Waals surface area contributed by atoms with Crippen LogP contribution in [0.5, 0.6) is 0 Å². The molecule has 0 radical (unpaired) electrons. The molecule has 1 aliphatic heterocycles. The maximum absolute atomic E-state index is 12.3. The zero-order valence-corrected chi connectivity index (χ0v) is 10.8. The molecule has 1 saturated heterocycles. The second kappa shape index (κ2) is 4.37. The van der Waals surface area contributed by atoms with Crippen LogP contribution in [0.3, 0.4) is 0 Å². The SMILES string of the molecule is Cn1c(=O)n(C2CCNCC2)c2nc(Cl)ncc21. The van der Waals surface area contributed by atoms with E-state index in [9.17, 15) is 4.79 Å². The van der Waals surface area contributed by atoms with Gasteiger partial charge in [-0.1, -0.05) is 0 Å². The van der Waals surface area contributed by atoms with Gasteiger partial charge in [-0.15, -0.1) is 0 Å². The molecule has 1 aliphatic rings. The summed E-state index contributed by atoms with van der Waals surface area (Å²) in [4.78, 5) is 20.4. The number of nitrogens with zero attached hydrogens (tertiary/aromatic N) is 4. The zero-order chi connectivity index (χ0) is 12.7. The lowest BCUT2D eigenvalue weighted by Crippen LogP contribution is -2.34. The lowest BCUT2D eigenvalue weighted by molar-refractivity contribution is 0.364. The quantitative estimate of drug-likeness (QED) is 0.773. The van der Waals surface area contributed by atoms with Crippen molar-refractivity contribution in [3.8, 4) is 0 Å². The Morgan fingerprint density at radius 2 is 2.17 bits per heavy atom. The largest absolute Gasteiger partial charge is 0.330 e. The molecule has 7 heteroatoms. The molecule has 2 aromatic rings. The van der Waals surface area contributed by atoms with E-state index in [1.807, 2.05) is 0 Å². The molecule has 6 nitrogen and oxygen atoms in total. The topological polar surface area (TPSA) is 64.7 Å². The fourth-order valence-electron chi connectivity index (χ4n) is 2.51. The highest BCUT2D eigenvalue weighted by Crippen LogP contribution is 2.21. The molecule has 1 fully saturated rings.